The second kappa shape index (κ2) is 42.5. The largest absolute Gasteiger partial charge is 0.445 e. The maximum Gasteiger partial charge on any atom is 0.410 e. The third-order valence-electron chi connectivity index (χ3n) is 19.8. The minimum atomic E-state index is -0.966. The molecule has 0 saturated carbocycles. The van der Waals surface area contributed by atoms with E-state index in [1.807, 2.05) is 85.7 Å². The monoisotopic (exact) mass is 1400 g/mol. The molecule has 2 heterocycles. The molecule has 0 spiro atoms. The number of nitrogens with two attached hydrogens (primary N) is 1. The molecule has 23 nitrogen and oxygen atoms in total. The number of primary amides is 1. The van der Waals surface area contributed by atoms with E-state index in [1.54, 1.807) is 62.1 Å². The molecule has 2 aromatic carbocycles. The summed E-state index contributed by atoms with van der Waals surface area (Å²) in [7, 11) is 6.25. The van der Waals surface area contributed by atoms with Gasteiger partial charge in [-0.1, -0.05) is 138 Å². The number of unbranched alkanes of at least 4 members (excludes halogenated alkanes) is 3. The van der Waals surface area contributed by atoms with Crippen LogP contribution in [0.2, 0.25) is 0 Å². The number of hydrogen-bond acceptors (Lipinski definition) is 16. The quantitative estimate of drug-likeness (QED) is 0.0304. The van der Waals surface area contributed by atoms with E-state index in [2.05, 4.69) is 22.9 Å². The summed E-state index contributed by atoms with van der Waals surface area (Å²) in [6.45, 7) is 21.5. The minimum absolute atomic E-state index is 0.0537. The van der Waals surface area contributed by atoms with Gasteiger partial charge in [0.05, 0.1) is 54.2 Å². The number of aliphatic hydroxyl groups is 1. The Bertz CT molecular complexity index is 2950. The number of rotatable bonds is 45. The van der Waals surface area contributed by atoms with Crippen molar-refractivity contribution in [2.45, 2.75) is 233 Å². The summed E-state index contributed by atoms with van der Waals surface area (Å²) >= 11 is 1.53. The average molecular weight is 1400 g/mol. The number of likely N-dealkylation sites (tertiary alicyclic amines) is 2. The fourth-order valence-corrected chi connectivity index (χ4v) is 15.0. The summed E-state index contributed by atoms with van der Waals surface area (Å²) in [5.74, 6) is -5.22. The Hall–Kier alpha value is -6.76. The molecule has 2 fully saturated rings. The molecule has 9 amide bonds. The Morgan fingerprint density at radius 1 is 0.747 bits per heavy atom. The molecule has 24 heteroatoms. The van der Waals surface area contributed by atoms with Crippen LogP contribution in [0.25, 0.3) is 0 Å². The van der Waals surface area contributed by atoms with Crippen molar-refractivity contribution in [3.05, 3.63) is 65.7 Å². The highest BCUT2D eigenvalue weighted by molar-refractivity contribution is 8.00. The van der Waals surface area contributed by atoms with Gasteiger partial charge in [0, 0.05) is 103 Å². The second-order valence-electron chi connectivity index (χ2n) is 28.4. The van der Waals surface area contributed by atoms with Gasteiger partial charge in [0.2, 0.25) is 35.4 Å². The number of anilines is 1. The zero-order chi connectivity index (χ0) is 73.8. The predicted molar refractivity (Wildman–Crippen MR) is 384 cm³/mol. The zero-order valence-electron chi connectivity index (χ0n) is 61.7. The third-order valence-corrected chi connectivity index (χ3v) is 21.1. The molecule has 2 unspecified atom stereocenters. The van der Waals surface area contributed by atoms with E-state index in [9.17, 15) is 57.8 Å². The molecule has 6 N–H and O–H groups in total. The van der Waals surface area contributed by atoms with Crippen LogP contribution in [0.3, 0.4) is 0 Å². The van der Waals surface area contributed by atoms with E-state index in [0.29, 0.717) is 69.3 Å². The van der Waals surface area contributed by atoms with Crippen LogP contribution in [0.1, 0.15) is 196 Å². The van der Waals surface area contributed by atoms with Crippen molar-refractivity contribution in [3.8, 4) is 0 Å². The molecular weight excluding hydrogens is 1280 g/mol. The molecule has 0 aliphatic carbocycles. The number of amides is 9. The number of carbonyl (C=O) groups is 11. The van der Waals surface area contributed by atoms with Crippen LogP contribution in [0, 0.1) is 47.3 Å². The van der Waals surface area contributed by atoms with Crippen LogP contribution in [0.5, 0.6) is 0 Å². The first-order chi connectivity index (χ1) is 46.9. The molecule has 4 rings (SSSR count). The van der Waals surface area contributed by atoms with Crippen molar-refractivity contribution in [1.82, 2.24) is 30.2 Å². The van der Waals surface area contributed by atoms with E-state index in [0.717, 1.165) is 24.2 Å². The van der Waals surface area contributed by atoms with E-state index in [-0.39, 0.29) is 146 Å². The first kappa shape index (κ1) is 84.7. The number of likely N-dealkylation sites (N-methyl/N-ethyl adjacent to an activating group) is 2. The normalized spacial score (nSPS) is 18.2. The summed E-state index contributed by atoms with van der Waals surface area (Å²) in [6.07, 6.45) is 3.24. The van der Waals surface area contributed by atoms with Gasteiger partial charge >= 0.3 is 12.1 Å². The fraction of sp³-hybridized carbons (Fsp3) is 0.693. The maximum atomic E-state index is 14.9. The number of nitrogens with one attached hydrogen (secondary N) is 3. The van der Waals surface area contributed by atoms with E-state index < -0.39 is 72.2 Å². The van der Waals surface area contributed by atoms with Gasteiger partial charge in [-0.25, -0.2) is 9.59 Å². The highest BCUT2D eigenvalue weighted by Gasteiger charge is 2.45. The first-order valence-electron chi connectivity index (χ1n) is 35.9. The van der Waals surface area contributed by atoms with E-state index in [4.69, 9.17) is 19.9 Å². The number of benzene rings is 2. The number of ether oxygens (including phenoxy) is 3. The molecule has 554 valence electrons. The van der Waals surface area contributed by atoms with Crippen molar-refractivity contribution < 1.29 is 72.1 Å². The Morgan fingerprint density at radius 3 is 2.02 bits per heavy atom. The Morgan fingerprint density at radius 2 is 1.42 bits per heavy atom. The number of urea groups is 1. The number of hydrogen-bond donors (Lipinski definition) is 5. The first-order valence-corrected chi connectivity index (χ1v) is 37.0. The minimum Gasteiger partial charge on any atom is -0.445 e. The summed E-state index contributed by atoms with van der Waals surface area (Å²) in [4.78, 5) is 156. The van der Waals surface area contributed by atoms with Gasteiger partial charge in [-0.05, 0) is 104 Å². The summed E-state index contributed by atoms with van der Waals surface area (Å²) < 4.78 is 17.9. The molecule has 13 atom stereocenters. The Kier molecular flexibility index (Phi) is 36.3. The molecule has 2 aliphatic rings. The number of Topliss-reactive ketones (excluding diaryl/α,β-unsaturated/α-hetero) is 3. The van der Waals surface area contributed by atoms with Crippen LogP contribution in [0.15, 0.2) is 54.6 Å². The number of methoxy groups -OCH3 is 2. The number of imide groups is 1. The average Bonchev–Trinajstić information content (AvgIpc) is 1.80. The molecule has 2 aromatic rings. The van der Waals surface area contributed by atoms with E-state index in [1.165, 1.54) is 35.7 Å². The zero-order valence-corrected chi connectivity index (χ0v) is 62.5. The van der Waals surface area contributed by atoms with Gasteiger partial charge in [0.25, 0.3) is 0 Å². The van der Waals surface area contributed by atoms with Crippen LogP contribution >= 0.6 is 11.8 Å². The fourth-order valence-electron chi connectivity index (χ4n) is 13.7. The van der Waals surface area contributed by atoms with Crippen LogP contribution in [-0.2, 0) is 64.0 Å². The molecule has 2 saturated heterocycles. The molecule has 99 heavy (non-hydrogen) atoms. The Labute approximate surface area is 593 Å². The third kappa shape index (κ3) is 25.7. The van der Waals surface area contributed by atoms with Crippen LogP contribution in [0.4, 0.5) is 15.3 Å². The van der Waals surface area contributed by atoms with Gasteiger partial charge in [-0.2, -0.15) is 0 Å². The number of ketones is 3. The summed E-state index contributed by atoms with van der Waals surface area (Å²) in [5.41, 5.74) is 6.97. The number of thioether (sulfide) groups is 1. The topological polar surface area (TPSA) is 311 Å². The van der Waals surface area contributed by atoms with Gasteiger partial charge < -0.3 is 55.7 Å². The maximum absolute atomic E-state index is 14.9. The lowest BCUT2D eigenvalue weighted by molar-refractivity contribution is -0.149. The SMILES string of the molecule is CCCCSC1CC(=O)N(CCCCCC(=O)N[C@H](C(=O)C[C@@H](CCCNC(N)=O)C(=O)Nc2ccc(COC(=O)N(C)[C@H](C(=O)C[C@H](C(=O)N(C)C([C@@H](C)CC)[C@@H](CC(=O)N3CCC[C@H]3[C@H](OC)[C@@H](C)C(=O)C[C@H](C)[C@@H](O)c3ccccc3)OC)C(C)C)C(C)C)cc2)C(C)C)C1=O. The molecule has 0 aromatic heterocycles. The second-order valence-corrected chi connectivity index (χ2v) is 29.7. The van der Waals surface area contributed by atoms with Gasteiger partial charge in [0.15, 0.2) is 11.6 Å². The summed E-state index contributed by atoms with van der Waals surface area (Å²) in [5, 5.41) is 19.0. The lowest BCUT2D eigenvalue weighted by Gasteiger charge is -2.41. The molecule has 0 bridgehead atoms. The van der Waals surface area contributed by atoms with Gasteiger partial charge in [-0.15, -0.1) is 11.8 Å². The van der Waals surface area contributed by atoms with Crippen molar-refractivity contribution in [1.29, 1.82) is 0 Å². The van der Waals surface area contributed by atoms with Crippen molar-refractivity contribution >= 4 is 82.4 Å². The van der Waals surface area contributed by atoms with Crippen LogP contribution in [-0.4, -0.2) is 185 Å². The number of carbonyl (C=O) groups excluding carboxylic acids is 11. The molecular formula is C75H118N8O15S. The van der Waals surface area contributed by atoms with Crippen LogP contribution < -0.4 is 21.7 Å². The van der Waals surface area contributed by atoms with Crippen molar-refractivity contribution in [2.24, 2.45) is 53.1 Å². The van der Waals surface area contributed by atoms with Crippen molar-refractivity contribution in [2.75, 3.05) is 59.0 Å². The predicted octanol–water partition coefficient (Wildman–Crippen LogP) is 10.1. The van der Waals surface area contributed by atoms with Gasteiger partial charge in [-0.3, -0.25) is 48.1 Å². The smallest absolute Gasteiger partial charge is 0.410 e. The van der Waals surface area contributed by atoms with E-state index >= 15 is 0 Å². The lowest BCUT2D eigenvalue weighted by atomic mass is 9.83. The Balaban J connectivity index is 1.36. The molecule has 2 aliphatic heterocycles. The standard InChI is InChI=1S/C75H118N8O15S/c1-16-18-39-99-62-44-65(89)83(73(62)93)37-24-20-23-31-63(87)79-66(47(5)6)59(85)41-54(29-25-36-77-74(76)94)71(91)78-55-34-32-52(33-35-55)45-98-75(95)81(13)67(48(7)8)60(86)42-56(46(3)4)72(92)80(12)68(49(9)17-2)61(96-14)43-64(88)82-38-26-30-57(82)70(97-15)51(11)58(84)40-50(10)69(90)53-27-21-19-22-28-53/h19,21-22,27-28,32-35,46-51,54,56-57,61-62,66-70,90H,16-18,20,23-26,29-31,36-45H2,1-15H3,(H,78,91)(H,79,87)(H3,76,77,94)/t49-,50-,51-,54+,56-,57-,61+,62?,66-,67-,68?,69+,70+/m0/s1. The number of aliphatic hydroxyl groups excluding tert-OH is 1. The summed E-state index contributed by atoms with van der Waals surface area (Å²) in [6, 6.07) is 12.2. The molecule has 0 radical (unpaired) electrons. The highest BCUT2D eigenvalue weighted by Crippen LogP contribution is 2.34. The van der Waals surface area contributed by atoms with Crippen molar-refractivity contribution in [3.63, 3.8) is 0 Å². The van der Waals surface area contributed by atoms with Gasteiger partial charge in [0.1, 0.15) is 12.4 Å². The highest BCUT2D eigenvalue weighted by atomic mass is 32.2. The lowest BCUT2D eigenvalue weighted by Crippen LogP contribution is -2.54. The number of nitrogens with zero attached hydrogens (tertiary/aromatic N) is 4.